The summed E-state index contributed by atoms with van der Waals surface area (Å²) in [5, 5.41) is 0. The van der Waals surface area contributed by atoms with Crippen molar-refractivity contribution in [2.75, 3.05) is 20.1 Å². The molecule has 0 aliphatic rings. The van der Waals surface area contributed by atoms with E-state index in [0.717, 1.165) is 13.1 Å². The van der Waals surface area contributed by atoms with Gasteiger partial charge in [0.1, 0.15) is 0 Å². The maximum absolute atomic E-state index is 3.61. The van der Waals surface area contributed by atoms with Crippen molar-refractivity contribution in [2.45, 2.75) is 6.92 Å². The van der Waals surface area contributed by atoms with E-state index in [1.807, 2.05) is 6.08 Å². The molecule has 0 rings (SSSR count). The van der Waals surface area contributed by atoms with Gasteiger partial charge in [0.25, 0.3) is 0 Å². The van der Waals surface area contributed by atoms with Crippen molar-refractivity contribution < 1.29 is 0 Å². The van der Waals surface area contributed by atoms with Crippen LogP contribution in [0.25, 0.3) is 0 Å². The van der Waals surface area contributed by atoms with Crippen LogP contribution in [0, 0.1) is 0 Å². The molecule has 0 aliphatic heterocycles. The van der Waals surface area contributed by atoms with Crippen LogP contribution in [0.2, 0.25) is 0 Å². The molecule has 0 aromatic rings. The van der Waals surface area contributed by atoms with Crippen LogP contribution in [0.1, 0.15) is 6.92 Å². The summed E-state index contributed by atoms with van der Waals surface area (Å²) in [5.74, 6) is 0. The molecule has 0 aromatic heterocycles. The van der Waals surface area contributed by atoms with Crippen molar-refractivity contribution in [3.8, 4) is 0 Å². The number of hydrogen-bond acceptors (Lipinski definition) is 1. The highest BCUT2D eigenvalue weighted by Gasteiger charge is 1.83. The lowest BCUT2D eigenvalue weighted by Gasteiger charge is -2.08. The minimum Gasteiger partial charge on any atom is -0.303 e. The second-order valence-corrected chi connectivity index (χ2v) is 1.64. The second kappa shape index (κ2) is 3.88. The van der Waals surface area contributed by atoms with E-state index in [1.165, 1.54) is 0 Å². The minimum atomic E-state index is 0.997. The van der Waals surface area contributed by atoms with Crippen LogP contribution in [0.3, 0.4) is 0 Å². The summed E-state index contributed by atoms with van der Waals surface area (Å²) in [6.45, 7) is 7.84. The SMILES string of the molecule is C=CCN(C)CC. The monoisotopic (exact) mass is 99.1 g/mol. The molecule has 0 spiro atoms. The number of hydrogen-bond donors (Lipinski definition) is 0. The average molecular weight is 99.2 g/mol. The summed E-state index contributed by atoms with van der Waals surface area (Å²) in [6, 6.07) is 0. The van der Waals surface area contributed by atoms with Crippen LogP contribution in [0.15, 0.2) is 12.7 Å². The summed E-state index contributed by atoms with van der Waals surface area (Å²) in [5.41, 5.74) is 0. The molecule has 1 heteroatoms. The van der Waals surface area contributed by atoms with Gasteiger partial charge in [-0.1, -0.05) is 13.0 Å². The fraction of sp³-hybridized carbons (Fsp3) is 0.667. The fourth-order valence-corrected chi connectivity index (χ4v) is 0.349. The highest BCUT2D eigenvalue weighted by Crippen LogP contribution is 1.77. The van der Waals surface area contributed by atoms with Crippen molar-refractivity contribution in [1.29, 1.82) is 0 Å². The number of nitrogens with zero attached hydrogens (tertiary/aromatic N) is 1. The zero-order chi connectivity index (χ0) is 5.70. The van der Waals surface area contributed by atoms with Gasteiger partial charge in [0.05, 0.1) is 0 Å². The molecular formula is C6H13N. The van der Waals surface area contributed by atoms with E-state index in [1.54, 1.807) is 0 Å². The van der Waals surface area contributed by atoms with Gasteiger partial charge in [0, 0.05) is 6.54 Å². The van der Waals surface area contributed by atoms with E-state index >= 15 is 0 Å². The molecule has 0 N–H and O–H groups in total. The van der Waals surface area contributed by atoms with Crippen LogP contribution in [-0.4, -0.2) is 25.0 Å². The standard InChI is InChI=1S/C6H13N/c1-4-6-7(3)5-2/h4H,1,5-6H2,2-3H3. The van der Waals surface area contributed by atoms with Crippen molar-refractivity contribution in [2.24, 2.45) is 0 Å². The minimum absolute atomic E-state index is 0.997. The lowest BCUT2D eigenvalue weighted by molar-refractivity contribution is 0.392. The molecule has 0 fully saturated rings. The second-order valence-electron chi connectivity index (χ2n) is 1.64. The summed E-state index contributed by atoms with van der Waals surface area (Å²) in [6.07, 6.45) is 1.91. The van der Waals surface area contributed by atoms with Crippen LogP contribution < -0.4 is 0 Å². The molecular weight excluding hydrogens is 86.1 g/mol. The van der Waals surface area contributed by atoms with Gasteiger partial charge in [-0.05, 0) is 13.6 Å². The number of likely N-dealkylation sites (N-methyl/N-ethyl adjacent to an activating group) is 1. The Morgan fingerprint density at radius 3 is 2.43 bits per heavy atom. The first-order chi connectivity index (χ1) is 3.31. The maximum Gasteiger partial charge on any atom is 0.0157 e. The third kappa shape index (κ3) is 3.53. The van der Waals surface area contributed by atoms with Crippen LogP contribution in [0.4, 0.5) is 0 Å². The van der Waals surface area contributed by atoms with E-state index in [0.29, 0.717) is 0 Å². The third-order valence-corrected chi connectivity index (χ3v) is 0.981. The molecule has 0 radical (unpaired) electrons. The van der Waals surface area contributed by atoms with Crippen LogP contribution >= 0.6 is 0 Å². The molecule has 42 valence electrons. The van der Waals surface area contributed by atoms with Gasteiger partial charge < -0.3 is 4.90 Å². The highest BCUT2D eigenvalue weighted by molar-refractivity contribution is 4.69. The van der Waals surface area contributed by atoms with Gasteiger partial charge in [0.2, 0.25) is 0 Å². The largest absolute Gasteiger partial charge is 0.303 e. The fourth-order valence-electron chi connectivity index (χ4n) is 0.349. The van der Waals surface area contributed by atoms with Gasteiger partial charge in [-0.3, -0.25) is 0 Å². The van der Waals surface area contributed by atoms with Crippen LogP contribution in [-0.2, 0) is 0 Å². The Bertz CT molecular complexity index is 50.1. The Morgan fingerprint density at radius 2 is 2.29 bits per heavy atom. The van der Waals surface area contributed by atoms with Gasteiger partial charge >= 0.3 is 0 Å². The first kappa shape index (κ1) is 6.70. The molecule has 0 saturated heterocycles. The molecule has 7 heavy (non-hydrogen) atoms. The molecule has 0 saturated carbocycles. The highest BCUT2D eigenvalue weighted by atomic mass is 15.1. The molecule has 0 unspecified atom stereocenters. The Morgan fingerprint density at radius 1 is 1.71 bits per heavy atom. The zero-order valence-corrected chi connectivity index (χ0v) is 5.15. The predicted molar refractivity (Wildman–Crippen MR) is 33.4 cm³/mol. The Kier molecular flexibility index (Phi) is 3.71. The first-order valence-corrected chi connectivity index (χ1v) is 2.60. The summed E-state index contributed by atoms with van der Waals surface area (Å²) < 4.78 is 0. The third-order valence-electron chi connectivity index (χ3n) is 0.981. The number of rotatable bonds is 3. The van der Waals surface area contributed by atoms with E-state index in [9.17, 15) is 0 Å². The van der Waals surface area contributed by atoms with Crippen molar-refractivity contribution in [1.82, 2.24) is 4.90 Å². The lowest BCUT2D eigenvalue weighted by atomic mass is 10.5. The van der Waals surface area contributed by atoms with Gasteiger partial charge in [-0.25, -0.2) is 0 Å². The quantitative estimate of drug-likeness (QED) is 0.479. The Hall–Kier alpha value is -0.300. The van der Waals surface area contributed by atoms with Crippen LogP contribution in [0.5, 0.6) is 0 Å². The Labute approximate surface area is 45.6 Å². The maximum atomic E-state index is 3.61. The zero-order valence-electron chi connectivity index (χ0n) is 5.15. The van der Waals surface area contributed by atoms with E-state index < -0.39 is 0 Å². The smallest absolute Gasteiger partial charge is 0.0157 e. The van der Waals surface area contributed by atoms with Crippen molar-refractivity contribution in [3.63, 3.8) is 0 Å². The normalized spacial score (nSPS) is 9.57. The lowest BCUT2D eigenvalue weighted by Crippen LogP contribution is -2.16. The molecule has 0 atom stereocenters. The molecule has 1 nitrogen and oxygen atoms in total. The predicted octanol–water partition coefficient (Wildman–Crippen LogP) is 1.12. The topological polar surface area (TPSA) is 3.24 Å². The first-order valence-electron chi connectivity index (χ1n) is 2.60. The van der Waals surface area contributed by atoms with Crippen molar-refractivity contribution >= 4 is 0 Å². The summed E-state index contributed by atoms with van der Waals surface area (Å²) in [4.78, 5) is 2.19. The molecule has 0 heterocycles. The van der Waals surface area contributed by atoms with E-state index in [-0.39, 0.29) is 0 Å². The molecule has 0 aliphatic carbocycles. The van der Waals surface area contributed by atoms with E-state index in [2.05, 4.69) is 25.5 Å². The molecule has 0 aromatic carbocycles. The molecule has 0 amide bonds. The van der Waals surface area contributed by atoms with Gasteiger partial charge in [-0.15, -0.1) is 6.58 Å². The van der Waals surface area contributed by atoms with Gasteiger partial charge in [0.15, 0.2) is 0 Å². The molecule has 0 bridgehead atoms. The van der Waals surface area contributed by atoms with E-state index in [4.69, 9.17) is 0 Å². The average Bonchev–Trinajstić information content (AvgIpc) is 1.68. The van der Waals surface area contributed by atoms with Crippen molar-refractivity contribution in [3.05, 3.63) is 12.7 Å². The Balaban J connectivity index is 2.98. The summed E-state index contributed by atoms with van der Waals surface area (Å²) in [7, 11) is 2.07. The summed E-state index contributed by atoms with van der Waals surface area (Å²) >= 11 is 0. The van der Waals surface area contributed by atoms with Gasteiger partial charge in [-0.2, -0.15) is 0 Å².